The van der Waals surface area contributed by atoms with Gasteiger partial charge in [0.15, 0.2) is 0 Å². The Kier molecular flexibility index (Phi) is 11.6. The molecule has 0 saturated carbocycles. The van der Waals surface area contributed by atoms with Gasteiger partial charge in [-0.3, -0.25) is 9.79 Å². The van der Waals surface area contributed by atoms with Crippen LogP contribution in [0.3, 0.4) is 0 Å². The van der Waals surface area contributed by atoms with Crippen molar-refractivity contribution in [2.75, 3.05) is 60.2 Å². The molecule has 2 aliphatic rings. The van der Waals surface area contributed by atoms with Gasteiger partial charge in [0.25, 0.3) is 0 Å². The highest BCUT2D eigenvalue weighted by molar-refractivity contribution is 7.89. The van der Waals surface area contributed by atoms with Crippen LogP contribution in [0.5, 0.6) is 5.75 Å². The Balaban J connectivity index is 1.60. The lowest BCUT2D eigenvalue weighted by atomic mass is 9.92. The predicted molar refractivity (Wildman–Crippen MR) is 175 cm³/mol. The standard InChI is InChI=1S/C33H50N4O6S/c1-11-26(31-34-20-32(5,6)21-35-31)13-12-23(2)16-36(9)29(38)19-42-17-27-18-43-33(7,8)22-37(27)44(39,40)30-24(3)14-28(41-10)15-25(30)4/h11-15,27H,2,16-22H2,1,3-10H3,(H,34,35)/b13-12-,26-11+/t27-/m1/s1. The van der Waals surface area contributed by atoms with Crippen molar-refractivity contribution in [1.29, 1.82) is 0 Å². The van der Waals surface area contributed by atoms with E-state index in [1.54, 1.807) is 45.0 Å². The minimum atomic E-state index is -3.90. The first-order chi connectivity index (χ1) is 20.5. The third-order valence-corrected chi connectivity index (χ3v) is 9.94. The van der Waals surface area contributed by atoms with Crippen LogP contribution in [0, 0.1) is 19.3 Å². The van der Waals surface area contributed by atoms with Gasteiger partial charge in [-0.2, -0.15) is 4.31 Å². The Morgan fingerprint density at radius 3 is 2.45 bits per heavy atom. The van der Waals surface area contributed by atoms with E-state index in [1.807, 2.05) is 39.0 Å². The number of amides is 1. The van der Waals surface area contributed by atoms with Crippen LogP contribution < -0.4 is 10.1 Å². The van der Waals surface area contributed by atoms with E-state index in [4.69, 9.17) is 14.2 Å². The summed E-state index contributed by atoms with van der Waals surface area (Å²) in [6.07, 6.45) is 5.83. The van der Waals surface area contributed by atoms with Crippen LogP contribution in [0.15, 0.2) is 58.0 Å². The minimum absolute atomic E-state index is 0.0144. The Morgan fingerprint density at radius 2 is 1.89 bits per heavy atom. The zero-order valence-corrected chi connectivity index (χ0v) is 28.6. The zero-order chi connectivity index (χ0) is 32.9. The topological polar surface area (TPSA) is 110 Å². The average molecular weight is 631 g/mol. The van der Waals surface area contributed by atoms with Crippen LogP contribution in [0.4, 0.5) is 0 Å². The van der Waals surface area contributed by atoms with Crippen molar-refractivity contribution in [3.63, 3.8) is 0 Å². The summed E-state index contributed by atoms with van der Waals surface area (Å²) in [6, 6.07) is 2.84. The summed E-state index contributed by atoms with van der Waals surface area (Å²) >= 11 is 0. The van der Waals surface area contributed by atoms with Crippen molar-refractivity contribution in [3.8, 4) is 5.75 Å². The van der Waals surface area contributed by atoms with Gasteiger partial charge >= 0.3 is 0 Å². The number of nitrogens with one attached hydrogen (secondary N) is 1. The van der Waals surface area contributed by atoms with Crippen LogP contribution in [-0.2, 0) is 24.3 Å². The molecular weight excluding hydrogens is 580 g/mol. The van der Waals surface area contributed by atoms with E-state index in [0.717, 1.165) is 30.1 Å². The van der Waals surface area contributed by atoms with Crippen molar-refractivity contribution in [1.82, 2.24) is 14.5 Å². The first-order valence-corrected chi connectivity index (χ1v) is 16.4. The Morgan fingerprint density at radius 1 is 1.23 bits per heavy atom. The minimum Gasteiger partial charge on any atom is -0.497 e. The van der Waals surface area contributed by atoms with E-state index in [0.29, 0.717) is 23.4 Å². The molecule has 1 aromatic rings. The number of hydrogen-bond acceptors (Lipinski definition) is 8. The van der Waals surface area contributed by atoms with Crippen molar-refractivity contribution in [2.24, 2.45) is 10.4 Å². The van der Waals surface area contributed by atoms with Crippen LogP contribution in [0.2, 0.25) is 0 Å². The molecule has 0 radical (unpaired) electrons. The number of sulfonamides is 1. The molecule has 1 aromatic carbocycles. The van der Waals surface area contributed by atoms with Gasteiger partial charge in [-0.1, -0.05) is 38.7 Å². The summed E-state index contributed by atoms with van der Waals surface area (Å²) in [5.41, 5.74) is 2.38. The summed E-state index contributed by atoms with van der Waals surface area (Å²) in [6.45, 7) is 19.7. The highest BCUT2D eigenvalue weighted by Crippen LogP contribution is 2.32. The average Bonchev–Trinajstić information content (AvgIpc) is 2.93. The number of likely N-dealkylation sites (N-methyl/N-ethyl adjacent to an activating group) is 1. The molecule has 244 valence electrons. The summed E-state index contributed by atoms with van der Waals surface area (Å²) in [5, 5.41) is 3.39. The maximum atomic E-state index is 14.0. The number of ether oxygens (including phenoxy) is 3. The molecule has 11 heteroatoms. The van der Waals surface area contributed by atoms with Crippen molar-refractivity contribution in [3.05, 3.63) is 59.2 Å². The van der Waals surface area contributed by atoms with Gasteiger partial charge in [-0.25, -0.2) is 8.42 Å². The molecular formula is C33H50N4O6S. The number of benzene rings is 1. The molecule has 0 aromatic heterocycles. The normalized spacial score (nSPS) is 20.6. The van der Waals surface area contributed by atoms with Gasteiger partial charge in [-0.15, -0.1) is 0 Å². The Hall–Kier alpha value is -2.99. The first-order valence-electron chi connectivity index (χ1n) is 14.9. The molecule has 0 bridgehead atoms. The van der Waals surface area contributed by atoms with Crippen molar-refractivity contribution < 1.29 is 27.4 Å². The number of rotatable bonds is 12. The number of aryl methyl sites for hydroxylation is 2. The third kappa shape index (κ3) is 9.03. The van der Waals surface area contributed by atoms with Gasteiger partial charge in [0.05, 0.1) is 36.9 Å². The molecule has 1 atom stereocenters. The van der Waals surface area contributed by atoms with Crippen molar-refractivity contribution in [2.45, 2.75) is 65.0 Å². The van der Waals surface area contributed by atoms with Crippen LogP contribution in [0.25, 0.3) is 0 Å². The Bertz CT molecular complexity index is 1400. The monoisotopic (exact) mass is 630 g/mol. The molecule has 0 unspecified atom stereocenters. The molecule has 10 nitrogen and oxygen atoms in total. The highest BCUT2D eigenvalue weighted by atomic mass is 32.2. The molecule has 0 spiro atoms. The molecule has 2 heterocycles. The number of allylic oxidation sites excluding steroid dienone is 1. The molecule has 0 aliphatic carbocycles. The van der Waals surface area contributed by atoms with E-state index in [1.165, 1.54) is 4.31 Å². The summed E-state index contributed by atoms with van der Waals surface area (Å²) in [7, 11) is -0.654. The number of aliphatic imine (C=N–C) groups is 1. The fourth-order valence-electron chi connectivity index (χ4n) is 5.20. The smallest absolute Gasteiger partial charge is 0.248 e. The van der Waals surface area contributed by atoms with Crippen molar-refractivity contribution >= 4 is 21.8 Å². The van der Waals surface area contributed by atoms with Gasteiger partial charge in [0.1, 0.15) is 18.2 Å². The fraction of sp³-hybridized carbons (Fsp3) is 0.576. The van der Waals surface area contributed by atoms with E-state index < -0.39 is 21.7 Å². The fourth-order valence-corrected chi connectivity index (χ4v) is 7.36. The second-order valence-corrected chi connectivity index (χ2v) is 14.9. The highest BCUT2D eigenvalue weighted by Gasteiger charge is 2.42. The molecule has 3 rings (SSSR count). The first kappa shape index (κ1) is 35.5. The van der Waals surface area contributed by atoms with E-state index in [-0.39, 0.29) is 42.6 Å². The molecule has 1 amide bonds. The number of carbonyl (C=O) groups is 1. The third-order valence-electron chi connectivity index (χ3n) is 7.73. The summed E-state index contributed by atoms with van der Waals surface area (Å²) in [4.78, 5) is 19.4. The predicted octanol–water partition coefficient (Wildman–Crippen LogP) is 4.04. The number of amidine groups is 1. The molecule has 1 saturated heterocycles. The zero-order valence-electron chi connectivity index (χ0n) is 27.8. The number of hydrogen-bond donors (Lipinski definition) is 1. The van der Waals surface area contributed by atoms with Crippen LogP contribution >= 0.6 is 0 Å². The van der Waals surface area contributed by atoms with Gasteiger partial charge < -0.3 is 24.4 Å². The Labute approximate surface area is 263 Å². The SMILES string of the molecule is C=C(/C=C\C(=C/C)C1=NCC(C)(C)CN1)CN(C)C(=O)COC[C@@H]1COC(C)(C)CN1S(=O)(=O)c1c(C)cc(OC)cc1C. The van der Waals surface area contributed by atoms with Crippen LogP contribution in [-0.4, -0.2) is 101 Å². The second kappa shape index (κ2) is 14.4. The lowest BCUT2D eigenvalue weighted by Crippen LogP contribution is -2.57. The number of nitrogens with zero attached hydrogens (tertiary/aromatic N) is 3. The number of methoxy groups -OCH3 is 1. The maximum Gasteiger partial charge on any atom is 0.248 e. The van der Waals surface area contributed by atoms with Gasteiger partial charge in [0.2, 0.25) is 15.9 Å². The van der Waals surface area contributed by atoms with E-state index >= 15 is 0 Å². The summed E-state index contributed by atoms with van der Waals surface area (Å²) in [5.74, 6) is 1.22. The maximum absolute atomic E-state index is 14.0. The molecule has 1 fully saturated rings. The molecule has 44 heavy (non-hydrogen) atoms. The number of morpholine rings is 1. The number of carbonyl (C=O) groups excluding carboxylic acids is 1. The molecule has 1 N–H and O–H groups in total. The van der Waals surface area contributed by atoms with Crippen LogP contribution in [0.1, 0.15) is 45.7 Å². The molecule has 2 aliphatic heterocycles. The largest absolute Gasteiger partial charge is 0.497 e. The second-order valence-electron chi connectivity index (χ2n) is 13.0. The lowest BCUT2D eigenvalue weighted by molar-refractivity contribution is -0.137. The quantitative estimate of drug-likeness (QED) is 0.347. The summed E-state index contributed by atoms with van der Waals surface area (Å²) < 4.78 is 46.5. The van der Waals surface area contributed by atoms with Gasteiger partial charge in [0, 0.05) is 44.2 Å². The van der Waals surface area contributed by atoms with E-state index in [9.17, 15) is 13.2 Å². The van der Waals surface area contributed by atoms with Gasteiger partial charge in [-0.05, 0) is 63.5 Å². The lowest BCUT2D eigenvalue weighted by Gasteiger charge is -2.42. The van der Waals surface area contributed by atoms with E-state index in [2.05, 4.69) is 30.7 Å².